The van der Waals surface area contributed by atoms with Crippen LogP contribution in [0.15, 0.2) is 107 Å². The number of thiazole rings is 1. The van der Waals surface area contributed by atoms with E-state index in [0.29, 0.717) is 5.56 Å². The third-order valence-corrected chi connectivity index (χ3v) is 7.27. The van der Waals surface area contributed by atoms with Gasteiger partial charge in [0.2, 0.25) is 11.7 Å². The molecule has 0 aliphatic rings. The number of amides is 2. The van der Waals surface area contributed by atoms with Gasteiger partial charge >= 0.3 is 6.09 Å². The molecular formula is C32H26FN5O5S. The molecule has 222 valence electrons. The monoisotopic (exact) mass is 611 g/mol. The largest absolute Gasteiger partial charge is 0.444 e. The molecule has 0 fully saturated rings. The lowest BCUT2D eigenvalue weighted by atomic mass is 10.0. The van der Waals surface area contributed by atoms with Gasteiger partial charge in [-0.05, 0) is 35.4 Å². The molecule has 12 heteroatoms. The Morgan fingerprint density at radius 1 is 0.909 bits per heavy atom. The second kappa shape index (κ2) is 14.1. The normalized spacial score (nSPS) is 11.4. The van der Waals surface area contributed by atoms with Crippen LogP contribution < -0.4 is 16.2 Å². The fraction of sp³-hybridized carbons (Fsp3) is 0.125. The zero-order chi connectivity index (χ0) is 30.9. The lowest BCUT2D eigenvalue weighted by molar-refractivity contribution is -0.122. The Hall–Kier alpha value is -5.49. The molecule has 2 amide bonds. The molecule has 2 heterocycles. The summed E-state index contributed by atoms with van der Waals surface area (Å²) in [6.45, 7) is -0.580. The SMILES string of the molecule is O=C(Cn1c(-c2ccc(F)cc2)ncc(NC(=O)OCc2ccccc2)c1=O)NC(Cc1ccccc1)C(=O)c1nccs1. The summed E-state index contributed by atoms with van der Waals surface area (Å²) < 4.78 is 19.9. The van der Waals surface area contributed by atoms with Gasteiger partial charge in [-0.1, -0.05) is 60.7 Å². The predicted molar refractivity (Wildman–Crippen MR) is 163 cm³/mol. The fourth-order valence-corrected chi connectivity index (χ4v) is 4.99. The minimum Gasteiger partial charge on any atom is -0.444 e. The van der Waals surface area contributed by atoms with E-state index in [9.17, 15) is 23.6 Å². The van der Waals surface area contributed by atoms with Crippen molar-refractivity contribution >= 4 is 34.8 Å². The highest BCUT2D eigenvalue weighted by atomic mass is 32.1. The molecule has 3 aromatic carbocycles. The topological polar surface area (TPSA) is 132 Å². The average molecular weight is 612 g/mol. The minimum absolute atomic E-state index is 0.0275. The number of benzene rings is 3. The second-order valence-electron chi connectivity index (χ2n) is 9.59. The van der Waals surface area contributed by atoms with E-state index in [0.717, 1.165) is 33.2 Å². The van der Waals surface area contributed by atoms with E-state index < -0.39 is 36.0 Å². The quantitative estimate of drug-likeness (QED) is 0.204. The summed E-state index contributed by atoms with van der Waals surface area (Å²) in [5.74, 6) is -1.48. The molecule has 0 bridgehead atoms. The van der Waals surface area contributed by atoms with Gasteiger partial charge in [0.15, 0.2) is 5.01 Å². The van der Waals surface area contributed by atoms with Gasteiger partial charge in [-0.15, -0.1) is 11.3 Å². The first-order valence-electron chi connectivity index (χ1n) is 13.5. The van der Waals surface area contributed by atoms with Crippen LogP contribution in [0.3, 0.4) is 0 Å². The van der Waals surface area contributed by atoms with Gasteiger partial charge in [0.05, 0.1) is 12.2 Å². The maximum Gasteiger partial charge on any atom is 0.412 e. The van der Waals surface area contributed by atoms with E-state index in [-0.39, 0.29) is 35.3 Å². The Balaban J connectivity index is 1.40. The van der Waals surface area contributed by atoms with E-state index >= 15 is 0 Å². The maximum atomic E-state index is 13.7. The van der Waals surface area contributed by atoms with Crippen molar-refractivity contribution < 1.29 is 23.5 Å². The van der Waals surface area contributed by atoms with Gasteiger partial charge < -0.3 is 10.1 Å². The van der Waals surface area contributed by atoms with Crippen molar-refractivity contribution in [2.75, 3.05) is 5.32 Å². The van der Waals surface area contributed by atoms with Crippen molar-refractivity contribution in [1.82, 2.24) is 19.9 Å². The van der Waals surface area contributed by atoms with Crippen LogP contribution in [0.25, 0.3) is 11.4 Å². The van der Waals surface area contributed by atoms with Crippen molar-refractivity contribution in [3.05, 3.63) is 135 Å². The highest BCUT2D eigenvalue weighted by Gasteiger charge is 2.26. The number of nitrogens with zero attached hydrogens (tertiary/aromatic N) is 3. The number of carbonyl (C=O) groups excluding carboxylic acids is 3. The second-order valence-corrected chi connectivity index (χ2v) is 10.5. The molecule has 10 nitrogen and oxygen atoms in total. The Kier molecular flexibility index (Phi) is 9.62. The summed E-state index contributed by atoms with van der Waals surface area (Å²) in [5.41, 5.74) is 0.931. The maximum absolute atomic E-state index is 13.7. The molecular weight excluding hydrogens is 585 g/mol. The van der Waals surface area contributed by atoms with Crippen molar-refractivity contribution in [2.45, 2.75) is 25.6 Å². The highest BCUT2D eigenvalue weighted by molar-refractivity contribution is 7.11. The number of nitrogens with one attached hydrogen (secondary N) is 2. The molecule has 1 unspecified atom stereocenters. The average Bonchev–Trinajstić information content (AvgIpc) is 3.58. The van der Waals surface area contributed by atoms with Crippen LogP contribution in [0.2, 0.25) is 0 Å². The summed E-state index contributed by atoms with van der Waals surface area (Å²) >= 11 is 1.15. The van der Waals surface area contributed by atoms with Crippen LogP contribution in [-0.2, 0) is 29.1 Å². The van der Waals surface area contributed by atoms with Crippen LogP contribution in [0, 0.1) is 5.82 Å². The lowest BCUT2D eigenvalue weighted by Gasteiger charge is -2.19. The zero-order valence-corrected chi connectivity index (χ0v) is 24.0. The Morgan fingerprint density at radius 2 is 1.59 bits per heavy atom. The van der Waals surface area contributed by atoms with Crippen LogP contribution in [0.5, 0.6) is 0 Å². The molecule has 0 aliphatic heterocycles. The summed E-state index contributed by atoms with van der Waals surface area (Å²) in [7, 11) is 0. The molecule has 1 atom stereocenters. The third kappa shape index (κ3) is 7.66. The van der Waals surface area contributed by atoms with E-state index in [2.05, 4.69) is 20.6 Å². The van der Waals surface area contributed by atoms with Crippen molar-refractivity contribution in [3.63, 3.8) is 0 Å². The summed E-state index contributed by atoms with van der Waals surface area (Å²) in [6.07, 6.45) is 1.94. The van der Waals surface area contributed by atoms with Crippen LogP contribution in [0.1, 0.15) is 20.9 Å². The smallest absolute Gasteiger partial charge is 0.412 e. The highest BCUT2D eigenvalue weighted by Crippen LogP contribution is 2.18. The van der Waals surface area contributed by atoms with Gasteiger partial charge in [-0.2, -0.15) is 0 Å². The lowest BCUT2D eigenvalue weighted by Crippen LogP contribution is -2.45. The van der Waals surface area contributed by atoms with E-state index in [1.165, 1.54) is 30.5 Å². The number of halogens is 1. The van der Waals surface area contributed by atoms with Crippen LogP contribution in [-0.4, -0.2) is 38.4 Å². The molecule has 2 aromatic heterocycles. The molecule has 5 rings (SSSR count). The van der Waals surface area contributed by atoms with E-state index in [1.54, 1.807) is 29.6 Å². The standard InChI is InChI=1S/C32H26FN5O5S/c33-24-13-11-23(12-14-24)29-35-18-26(37-32(42)43-20-22-9-5-2-6-10-22)31(41)38(29)19-27(39)36-25(17-21-7-3-1-4-8-21)28(40)30-34-15-16-44-30/h1-16,18,25H,17,19-20H2,(H,36,39)(H,37,42). The summed E-state index contributed by atoms with van der Waals surface area (Å²) in [4.78, 5) is 61.2. The number of anilines is 1. The third-order valence-electron chi connectivity index (χ3n) is 6.48. The van der Waals surface area contributed by atoms with Crippen molar-refractivity contribution in [1.29, 1.82) is 0 Å². The molecule has 0 aliphatic carbocycles. The zero-order valence-electron chi connectivity index (χ0n) is 23.2. The number of rotatable bonds is 11. The molecule has 44 heavy (non-hydrogen) atoms. The molecule has 5 aromatic rings. The minimum atomic E-state index is -0.969. The summed E-state index contributed by atoms with van der Waals surface area (Å²) in [6, 6.07) is 22.4. The number of hydrogen-bond acceptors (Lipinski definition) is 8. The number of hydrogen-bond donors (Lipinski definition) is 2. The molecule has 0 saturated carbocycles. The first-order chi connectivity index (χ1) is 21.4. The van der Waals surface area contributed by atoms with Gasteiger partial charge in [0, 0.05) is 23.6 Å². The summed E-state index contributed by atoms with van der Waals surface area (Å²) in [5, 5.41) is 7.02. The number of ether oxygens (including phenoxy) is 1. The first kappa shape index (κ1) is 30.0. The molecule has 0 saturated heterocycles. The van der Waals surface area contributed by atoms with Crippen molar-refractivity contribution in [2.24, 2.45) is 0 Å². The van der Waals surface area contributed by atoms with Gasteiger partial charge in [0.25, 0.3) is 5.56 Å². The van der Waals surface area contributed by atoms with Crippen LogP contribution in [0.4, 0.5) is 14.9 Å². The van der Waals surface area contributed by atoms with Crippen LogP contribution >= 0.6 is 11.3 Å². The number of carbonyl (C=O) groups is 3. The van der Waals surface area contributed by atoms with Gasteiger partial charge in [-0.25, -0.2) is 19.2 Å². The van der Waals surface area contributed by atoms with Gasteiger partial charge in [-0.3, -0.25) is 24.3 Å². The van der Waals surface area contributed by atoms with E-state index in [1.807, 2.05) is 36.4 Å². The first-order valence-corrected chi connectivity index (χ1v) is 14.4. The number of aromatic nitrogens is 3. The number of Topliss-reactive ketones (excluding diaryl/α,β-unsaturated/α-hetero) is 1. The van der Waals surface area contributed by atoms with Crippen molar-refractivity contribution in [3.8, 4) is 11.4 Å². The van der Waals surface area contributed by atoms with Gasteiger partial charge in [0.1, 0.15) is 30.5 Å². The fourth-order valence-electron chi connectivity index (χ4n) is 4.36. The molecule has 2 N–H and O–H groups in total. The predicted octanol–water partition coefficient (Wildman–Crippen LogP) is 4.87. The Labute approximate surface area is 255 Å². The number of ketones is 1. The Bertz CT molecular complexity index is 1800. The molecule has 0 spiro atoms. The van der Waals surface area contributed by atoms with E-state index in [4.69, 9.17) is 4.74 Å². The Morgan fingerprint density at radius 3 is 2.25 bits per heavy atom. The molecule has 0 radical (unpaired) electrons.